The third kappa shape index (κ3) is 9.93. The van der Waals surface area contributed by atoms with Gasteiger partial charge in [-0.15, -0.1) is 0 Å². The Morgan fingerprint density at radius 3 is 1.71 bits per heavy atom. The molecule has 4 nitrogen and oxygen atoms in total. The third-order valence-electron chi connectivity index (χ3n) is 2.23. The van der Waals surface area contributed by atoms with Crippen molar-refractivity contribution < 1.29 is 4.43 Å². The molecule has 17 heavy (non-hydrogen) atoms. The van der Waals surface area contributed by atoms with Crippen LogP contribution in [0.3, 0.4) is 0 Å². The van der Waals surface area contributed by atoms with Crippen LogP contribution in [0.25, 0.3) is 0 Å². The third-order valence-corrected chi connectivity index (χ3v) is 5.03. The fourth-order valence-corrected chi connectivity index (χ4v) is 6.53. The molecule has 0 aromatic heterocycles. The van der Waals surface area contributed by atoms with Crippen molar-refractivity contribution in [1.82, 2.24) is 0 Å². The van der Waals surface area contributed by atoms with E-state index in [2.05, 4.69) is 33.9 Å². The summed E-state index contributed by atoms with van der Waals surface area (Å²) in [5.74, 6) is 0. The van der Waals surface area contributed by atoms with Crippen molar-refractivity contribution in [3.8, 4) is 0 Å². The van der Waals surface area contributed by atoms with Crippen molar-refractivity contribution in [3.05, 3.63) is 0 Å². The lowest BCUT2D eigenvalue weighted by Crippen LogP contribution is -2.56. The first-order valence-corrected chi connectivity index (χ1v) is 12.5. The summed E-state index contributed by atoms with van der Waals surface area (Å²) in [5, 5.41) is 12.2. The Morgan fingerprint density at radius 2 is 1.41 bits per heavy atom. The maximum Gasteiger partial charge on any atom is 0.260 e. The monoisotopic (exact) mass is 277 g/mol. The minimum Gasteiger partial charge on any atom is -0.398 e. The van der Waals surface area contributed by atoms with Crippen molar-refractivity contribution in [3.63, 3.8) is 0 Å². The van der Waals surface area contributed by atoms with E-state index in [4.69, 9.17) is 21.0 Å². The lowest BCUT2D eigenvalue weighted by molar-refractivity contribution is 0.0689. The first kappa shape index (κ1) is 17.3. The van der Waals surface area contributed by atoms with E-state index in [1.165, 1.54) is 0 Å². The van der Waals surface area contributed by atoms with E-state index < -0.39 is 16.7 Å². The Balaban J connectivity index is 4.59. The molecule has 0 saturated heterocycles. The van der Waals surface area contributed by atoms with Gasteiger partial charge in [0.2, 0.25) is 0 Å². The van der Waals surface area contributed by atoms with Gasteiger partial charge in [0.25, 0.3) is 8.48 Å². The molecular formula is C11H31N3OSi2. The van der Waals surface area contributed by atoms with E-state index in [1.54, 1.807) is 0 Å². The molecule has 6 N–H and O–H groups in total. The predicted molar refractivity (Wildman–Crippen MR) is 80.5 cm³/mol. The van der Waals surface area contributed by atoms with Crippen molar-refractivity contribution >= 4 is 16.7 Å². The summed E-state index contributed by atoms with van der Waals surface area (Å²) in [6.45, 7) is 14.4. The van der Waals surface area contributed by atoms with Gasteiger partial charge in [0.15, 0.2) is 0 Å². The summed E-state index contributed by atoms with van der Waals surface area (Å²) < 4.78 is 5.99. The molecule has 0 rings (SSSR count). The summed E-state index contributed by atoms with van der Waals surface area (Å²) in [7, 11) is -3.68. The fraction of sp³-hybridized carbons (Fsp3) is 1.00. The minimum absolute atomic E-state index is 0.284. The maximum atomic E-state index is 6.36. The Morgan fingerprint density at radius 1 is 1.00 bits per heavy atom. The second-order valence-electron chi connectivity index (χ2n) is 7.46. The van der Waals surface area contributed by atoms with Crippen molar-refractivity contribution in [1.29, 1.82) is 0 Å². The molecule has 1 atom stereocenters. The molecule has 0 aromatic rings. The van der Waals surface area contributed by atoms with Gasteiger partial charge in [-0.3, -0.25) is 0 Å². The average molecular weight is 278 g/mol. The van der Waals surface area contributed by atoms with Crippen LogP contribution in [0.1, 0.15) is 27.2 Å². The van der Waals surface area contributed by atoms with Crippen molar-refractivity contribution in [2.24, 2.45) is 16.5 Å². The average Bonchev–Trinajstić information content (AvgIpc) is 1.65. The second kappa shape index (κ2) is 5.10. The summed E-state index contributed by atoms with van der Waals surface area (Å²) in [6.07, 6.45) is 0.779. The van der Waals surface area contributed by atoms with E-state index in [1.807, 2.05) is 13.1 Å². The van der Waals surface area contributed by atoms with Gasteiger partial charge in [0.05, 0.1) is 5.60 Å². The first-order valence-electron chi connectivity index (χ1n) is 6.19. The predicted octanol–water partition coefficient (Wildman–Crippen LogP) is 1.71. The van der Waals surface area contributed by atoms with E-state index in [-0.39, 0.29) is 11.1 Å². The van der Waals surface area contributed by atoms with Gasteiger partial charge in [0, 0.05) is 5.54 Å². The Hall–Kier alpha value is 0.274. The molecule has 104 valence electrons. The topological polar surface area (TPSA) is 87.3 Å². The number of hydrogen-bond donors (Lipinski definition) is 3. The van der Waals surface area contributed by atoms with Crippen LogP contribution in [0, 0.1) is 0 Å². The van der Waals surface area contributed by atoms with Crippen molar-refractivity contribution in [2.45, 2.75) is 70.6 Å². The van der Waals surface area contributed by atoms with Crippen molar-refractivity contribution in [2.75, 3.05) is 0 Å². The smallest absolute Gasteiger partial charge is 0.260 e. The van der Waals surface area contributed by atoms with E-state index in [0.717, 1.165) is 12.5 Å². The van der Waals surface area contributed by atoms with Crippen LogP contribution in [0.5, 0.6) is 0 Å². The van der Waals surface area contributed by atoms with Crippen LogP contribution < -0.4 is 16.5 Å². The summed E-state index contributed by atoms with van der Waals surface area (Å²) in [6, 6.07) is 0.888. The van der Waals surface area contributed by atoms with Gasteiger partial charge < -0.3 is 21.0 Å². The number of nitrogens with two attached hydrogens (primary N) is 3. The van der Waals surface area contributed by atoms with E-state index in [9.17, 15) is 0 Å². The standard InChI is InChI=1S/C11H31N3OSi2/c1-10(2,15-17(6,7)14)8-11(3,12)9-16(4,5)13/h8-9,12-14H2,1-7H3. The van der Waals surface area contributed by atoms with Crippen LogP contribution in [0.15, 0.2) is 0 Å². The van der Waals surface area contributed by atoms with Gasteiger partial charge >= 0.3 is 0 Å². The summed E-state index contributed by atoms with van der Waals surface area (Å²) in [5.41, 5.74) is 5.79. The Labute approximate surface area is 109 Å². The van der Waals surface area contributed by atoms with Gasteiger partial charge in [-0.05, 0) is 46.3 Å². The van der Waals surface area contributed by atoms with E-state index >= 15 is 0 Å². The number of hydrogen-bond acceptors (Lipinski definition) is 4. The molecule has 1 unspecified atom stereocenters. The molecule has 0 aliphatic rings. The normalized spacial score (nSPS) is 18.0. The minimum atomic E-state index is -2.03. The molecule has 0 aliphatic heterocycles. The lowest BCUT2D eigenvalue weighted by Gasteiger charge is -2.40. The Kier molecular flexibility index (Phi) is 5.19. The summed E-state index contributed by atoms with van der Waals surface area (Å²) in [4.78, 5) is 0. The molecule has 0 amide bonds. The maximum absolute atomic E-state index is 6.36. The molecular weight excluding hydrogens is 246 g/mol. The molecule has 0 heterocycles. The van der Waals surface area contributed by atoms with Crippen LogP contribution in [-0.2, 0) is 4.43 Å². The second-order valence-corrected chi connectivity index (χ2v) is 15.2. The zero-order chi connectivity index (χ0) is 14.1. The van der Waals surface area contributed by atoms with Gasteiger partial charge in [-0.1, -0.05) is 13.1 Å². The lowest BCUT2D eigenvalue weighted by atomic mass is 9.90. The van der Waals surface area contributed by atoms with Gasteiger partial charge in [0.1, 0.15) is 8.24 Å². The Bertz CT molecular complexity index is 228. The SMILES string of the molecule is CC(N)(CC(C)(C)O[Si](C)(C)N)C[Si](C)(C)N. The molecule has 0 radical (unpaired) electrons. The summed E-state index contributed by atoms with van der Waals surface area (Å²) >= 11 is 0. The van der Waals surface area contributed by atoms with Crippen LogP contribution >= 0.6 is 0 Å². The first-order chi connectivity index (χ1) is 7.12. The molecule has 0 fully saturated rings. The van der Waals surface area contributed by atoms with Gasteiger partial charge in [-0.25, -0.2) is 0 Å². The quantitative estimate of drug-likeness (QED) is 0.645. The zero-order valence-electron chi connectivity index (χ0n) is 12.6. The van der Waals surface area contributed by atoms with Crippen LogP contribution in [0.2, 0.25) is 32.2 Å². The highest BCUT2D eigenvalue weighted by Gasteiger charge is 2.36. The zero-order valence-corrected chi connectivity index (χ0v) is 14.6. The largest absolute Gasteiger partial charge is 0.398 e. The molecule has 0 spiro atoms. The highest BCUT2D eigenvalue weighted by molar-refractivity contribution is 6.74. The molecule has 0 aliphatic carbocycles. The highest BCUT2D eigenvalue weighted by atomic mass is 28.4. The van der Waals surface area contributed by atoms with Crippen LogP contribution in [0.4, 0.5) is 0 Å². The van der Waals surface area contributed by atoms with Crippen LogP contribution in [-0.4, -0.2) is 27.9 Å². The molecule has 0 bridgehead atoms. The molecule has 0 saturated carbocycles. The highest BCUT2D eigenvalue weighted by Crippen LogP contribution is 2.28. The number of rotatable bonds is 6. The van der Waals surface area contributed by atoms with Gasteiger partial charge in [-0.2, -0.15) is 0 Å². The van der Waals surface area contributed by atoms with E-state index in [0.29, 0.717) is 0 Å². The molecule has 0 aromatic carbocycles. The molecule has 6 heteroatoms. The fourth-order valence-electron chi connectivity index (χ4n) is 2.82.